The third kappa shape index (κ3) is 2.47. The number of pyridine rings is 1. The van der Waals surface area contributed by atoms with Gasteiger partial charge in [0.25, 0.3) is 0 Å². The van der Waals surface area contributed by atoms with Crippen LogP contribution in [0.4, 0.5) is 11.5 Å². The first-order valence-corrected chi connectivity index (χ1v) is 6.07. The lowest BCUT2D eigenvalue weighted by atomic mass is 10.2. The normalized spacial score (nSPS) is 10.4. The Kier molecular flexibility index (Phi) is 3.84. The van der Waals surface area contributed by atoms with E-state index in [1.54, 1.807) is 6.07 Å². The minimum Gasteiger partial charge on any atom is -0.390 e. The molecule has 3 nitrogen and oxygen atoms in total. The van der Waals surface area contributed by atoms with Crippen LogP contribution in [0.2, 0.25) is 5.02 Å². The Morgan fingerprint density at radius 3 is 2.61 bits per heavy atom. The summed E-state index contributed by atoms with van der Waals surface area (Å²) in [7, 11) is 1.94. The molecule has 1 aromatic carbocycles. The Morgan fingerprint density at radius 2 is 1.94 bits per heavy atom. The van der Waals surface area contributed by atoms with Crippen molar-refractivity contribution < 1.29 is 5.11 Å². The van der Waals surface area contributed by atoms with Gasteiger partial charge in [0.05, 0.1) is 17.3 Å². The minimum absolute atomic E-state index is 0.158. The van der Waals surface area contributed by atoms with E-state index in [-0.39, 0.29) is 6.61 Å². The lowest BCUT2D eigenvalue weighted by molar-refractivity contribution is 0.277. The number of hydrogen-bond donors (Lipinski definition) is 1. The van der Waals surface area contributed by atoms with Crippen molar-refractivity contribution in [2.75, 3.05) is 11.9 Å². The van der Waals surface area contributed by atoms with E-state index in [1.165, 1.54) is 5.56 Å². The van der Waals surface area contributed by atoms with Gasteiger partial charge >= 0.3 is 0 Å². The molecule has 0 aliphatic heterocycles. The highest BCUT2D eigenvalue weighted by Crippen LogP contribution is 2.26. The summed E-state index contributed by atoms with van der Waals surface area (Å²) < 4.78 is 0. The van der Waals surface area contributed by atoms with E-state index in [4.69, 9.17) is 11.6 Å². The van der Waals surface area contributed by atoms with Gasteiger partial charge in [-0.25, -0.2) is 4.98 Å². The molecule has 2 aromatic rings. The lowest BCUT2D eigenvalue weighted by Gasteiger charge is -2.21. The molecule has 0 aliphatic rings. The fourth-order valence-electron chi connectivity index (χ4n) is 1.83. The Morgan fingerprint density at radius 1 is 1.22 bits per heavy atom. The number of rotatable bonds is 3. The molecular weight excluding hydrogens is 248 g/mol. The van der Waals surface area contributed by atoms with Crippen molar-refractivity contribution in [3.63, 3.8) is 0 Å². The van der Waals surface area contributed by atoms with Crippen LogP contribution in [0, 0.1) is 6.92 Å². The fourth-order valence-corrected chi connectivity index (χ4v) is 2.00. The Bertz CT molecular complexity index is 557. The van der Waals surface area contributed by atoms with Gasteiger partial charge in [-0.2, -0.15) is 0 Å². The molecule has 0 unspecified atom stereocenters. The Balaban J connectivity index is 2.40. The van der Waals surface area contributed by atoms with E-state index in [0.717, 1.165) is 11.5 Å². The van der Waals surface area contributed by atoms with Crippen molar-refractivity contribution in [3.05, 3.63) is 52.7 Å². The summed E-state index contributed by atoms with van der Waals surface area (Å²) in [5, 5.41) is 9.67. The number of aryl methyl sites for hydroxylation is 1. The maximum Gasteiger partial charge on any atom is 0.133 e. The molecule has 94 valence electrons. The molecule has 1 N–H and O–H groups in total. The smallest absolute Gasteiger partial charge is 0.133 e. The summed E-state index contributed by atoms with van der Waals surface area (Å²) in [5.74, 6) is 0.762. The first-order chi connectivity index (χ1) is 8.63. The second-order valence-corrected chi connectivity index (χ2v) is 4.51. The van der Waals surface area contributed by atoms with Crippen LogP contribution in [0.3, 0.4) is 0 Å². The molecule has 0 radical (unpaired) electrons. The monoisotopic (exact) mass is 262 g/mol. The highest BCUT2D eigenvalue weighted by Gasteiger charge is 2.10. The molecule has 0 fully saturated rings. The summed E-state index contributed by atoms with van der Waals surface area (Å²) in [5.41, 5.74) is 2.74. The molecule has 1 heterocycles. The predicted octanol–water partition coefficient (Wildman–Crippen LogP) is 3.30. The molecule has 0 aliphatic carbocycles. The van der Waals surface area contributed by atoms with Crippen LogP contribution in [-0.2, 0) is 6.61 Å². The van der Waals surface area contributed by atoms with Crippen molar-refractivity contribution >= 4 is 23.1 Å². The average molecular weight is 263 g/mol. The Hall–Kier alpha value is -1.58. The molecule has 1 aromatic heterocycles. The van der Waals surface area contributed by atoms with Crippen molar-refractivity contribution in [3.8, 4) is 0 Å². The SMILES string of the molecule is Cc1ccccc1N(C)c1ccc(Cl)c(CO)n1. The Labute approximate surface area is 112 Å². The van der Waals surface area contributed by atoms with Gasteiger partial charge < -0.3 is 10.0 Å². The van der Waals surface area contributed by atoms with Gasteiger partial charge in [-0.3, -0.25) is 0 Å². The van der Waals surface area contributed by atoms with Crippen LogP contribution in [0.25, 0.3) is 0 Å². The quantitative estimate of drug-likeness (QED) is 0.922. The van der Waals surface area contributed by atoms with Crippen LogP contribution >= 0.6 is 11.6 Å². The number of aliphatic hydroxyl groups is 1. The molecule has 18 heavy (non-hydrogen) atoms. The lowest BCUT2D eigenvalue weighted by Crippen LogP contribution is -2.13. The van der Waals surface area contributed by atoms with Crippen LogP contribution in [0.1, 0.15) is 11.3 Å². The van der Waals surface area contributed by atoms with Crippen LogP contribution in [0.5, 0.6) is 0 Å². The summed E-state index contributed by atoms with van der Waals surface area (Å²) >= 11 is 5.94. The third-order valence-corrected chi connectivity index (χ3v) is 3.22. The number of nitrogens with zero attached hydrogens (tertiary/aromatic N) is 2. The molecular formula is C14H15ClN2O. The third-order valence-electron chi connectivity index (χ3n) is 2.87. The summed E-state index contributed by atoms with van der Waals surface area (Å²) in [4.78, 5) is 6.33. The van der Waals surface area contributed by atoms with Gasteiger partial charge in [0.15, 0.2) is 0 Å². The zero-order valence-corrected chi connectivity index (χ0v) is 11.1. The molecule has 0 spiro atoms. The molecule has 0 saturated carbocycles. The summed E-state index contributed by atoms with van der Waals surface area (Å²) in [6, 6.07) is 11.7. The van der Waals surface area contributed by atoms with E-state index in [1.807, 2.05) is 36.2 Å². The maximum atomic E-state index is 9.18. The predicted molar refractivity (Wildman–Crippen MR) is 74.4 cm³/mol. The van der Waals surface area contributed by atoms with Gasteiger partial charge in [0.1, 0.15) is 5.82 Å². The van der Waals surface area contributed by atoms with E-state index >= 15 is 0 Å². The van der Waals surface area contributed by atoms with Crippen LogP contribution in [-0.4, -0.2) is 17.1 Å². The van der Waals surface area contributed by atoms with Gasteiger partial charge in [-0.1, -0.05) is 29.8 Å². The minimum atomic E-state index is -0.158. The molecule has 0 bridgehead atoms. The molecule has 4 heteroatoms. The van der Waals surface area contributed by atoms with Crippen molar-refractivity contribution in [1.29, 1.82) is 0 Å². The number of aliphatic hydroxyl groups excluding tert-OH is 1. The number of halogens is 1. The van der Waals surface area contributed by atoms with Crippen molar-refractivity contribution in [1.82, 2.24) is 4.98 Å². The van der Waals surface area contributed by atoms with Crippen molar-refractivity contribution in [2.45, 2.75) is 13.5 Å². The number of anilines is 2. The van der Waals surface area contributed by atoms with Crippen LogP contribution < -0.4 is 4.90 Å². The maximum absolute atomic E-state index is 9.18. The number of hydrogen-bond acceptors (Lipinski definition) is 3. The fraction of sp³-hybridized carbons (Fsp3) is 0.214. The van der Waals surface area contributed by atoms with Crippen LogP contribution in [0.15, 0.2) is 36.4 Å². The first-order valence-electron chi connectivity index (χ1n) is 5.69. The van der Waals surface area contributed by atoms with Gasteiger partial charge in [-0.05, 0) is 30.7 Å². The zero-order valence-electron chi connectivity index (χ0n) is 10.4. The summed E-state index contributed by atoms with van der Waals surface area (Å²) in [6.45, 7) is 1.89. The largest absolute Gasteiger partial charge is 0.390 e. The highest BCUT2D eigenvalue weighted by molar-refractivity contribution is 6.31. The number of aromatic nitrogens is 1. The van der Waals surface area contributed by atoms with E-state index in [2.05, 4.69) is 18.0 Å². The van der Waals surface area contributed by atoms with Gasteiger partial charge in [0.2, 0.25) is 0 Å². The zero-order chi connectivity index (χ0) is 13.1. The van der Waals surface area contributed by atoms with Gasteiger partial charge in [0, 0.05) is 12.7 Å². The van der Waals surface area contributed by atoms with E-state index in [0.29, 0.717) is 10.7 Å². The van der Waals surface area contributed by atoms with E-state index < -0.39 is 0 Å². The molecule has 2 rings (SSSR count). The number of para-hydroxylation sites is 1. The van der Waals surface area contributed by atoms with Gasteiger partial charge in [-0.15, -0.1) is 0 Å². The van der Waals surface area contributed by atoms with E-state index in [9.17, 15) is 5.11 Å². The summed E-state index contributed by atoms with van der Waals surface area (Å²) in [6.07, 6.45) is 0. The number of benzene rings is 1. The molecule has 0 saturated heterocycles. The van der Waals surface area contributed by atoms with Crippen molar-refractivity contribution in [2.24, 2.45) is 0 Å². The second kappa shape index (κ2) is 5.38. The average Bonchev–Trinajstić information content (AvgIpc) is 2.39. The standard InChI is InChI=1S/C14H15ClN2O/c1-10-5-3-4-6-13(10)17(2)14-8-7-11(15)12(9-18)16-14/h3-8,18H,9H2,1-2H3. The second-order valence-electron chi connectivity index (χ2n) is 4.10. The molecule has 0 atom stereocenters. The topological polar surface area (TPSA) is 36.4 Å². The molecule has 0 amide bonds. The first kappa shape index (κ1) is 12.9. The highest BCUT2D eigenvalue weighted by atomic mass is 35.5.